The molecule has 1 fully saturated rings. The third-order valence-corrected chi connectivity index (χ3v) is 6.42. The lowest BCUT2D eigenvalue weighted by molar-refractivity contribution is -0.149. The first-order chi connectivity index (χ1) is 12.0. The van der Waals surface area contributed by atoms with Gasteiger partial charge in [-0.3, -0.25) is 25.2 Å². The molecule has 0 saturated heterocycles. The smallest absolute Gasteiger partial charge is 0.307 e. The van der Waals surface area contributed by atoms with Gasteiger partial charge in [-0.05, 0) is 43.6 Å². The predicted molar refractivity (Wildman–Crippen MR) is 94.2 cm³/mol. The van der Waals surface area contributed by atoms with Crippen LogP contribution >= 0.6 is 11.3 Å². The van der Waals surface area contributed by atoms with E-state index in [0.717, 1.165) is 37.7 Å². The number of rotatable bonds is 3. The van der Waals surface area contributed by atoms with Crippen LogP contribution in [-0.4, -0.2) is 22.9 Å². The van der Waals surface area contributed by atoms with Crippen molar-refractivity contribution in [3.05, 3.63) is 21.4 Å². The second kappa shape index (κ2) is 7.56. The number of nitrogens with one attached hydrogen (secondary N) is 2. The second-order valence-corrected chi connectivity index (χ2v) is 8.14. The fourth-order valence-corrected chi connectivity index (χ4v) is 5.13. The van der Waals surface area contributed by atoms with Gasteiger partial charge in [-0.2, -0.15) is 0 Å². The van der Waals surface area contributed by atoms with Crippen LogP contribution in [0.2, 0.25) is 0 Å². The number of fused-ring (bicyclic) bond motifs is 1. The summed E-state index contributed by atoms with van der Waals surface area (Å²) in [6, 6.07) is 0. The summed E-state index contributed by atoms with van der Waals surface area (Å²) < 4.78 is 0. The molecule has 2 amide bonds. The Hall–Kier alpha value is -1.89. The lowest BCUT2D eigenvalue weighted by Crippen LogP contribution is -2.48. The molecule has 2 aliphatic carbocycles. The third-order valence-electron chi connectivity index (χ3n) is 5.37. The molecule has 25 heavy (non-hydrogen) atoms. The van der Waals surface area contributed by atoms with Crippen molar-refractivity contribution in [3.63, 3.8) is 0 Å². The Morgan fingerprint density at radius 2 is 1.84 bits per heavy atom. The van der Waals surface area contributed by atoms with Gasteiger partial charge in [0.25, 0.3) is 5.91 Å². The Bertz CT molecular complexity index is 685. The van der Waals surface area contributed by atoms with Gasteiger partial charge in [0, 0.05) is 10.3 Å². The van der Waals surface area contributed by atoms with Crippen LogP contribution in [0.3, 0.4) is 0 Å². The standard InChI is InChI=1S/C18H24N2O4S/c1-10-6-7-11-14(9-25-15(11)8-10)17(22)20-19-16(21)12-4-2-3-5-13(12)18(23)24/h9-10,12-13H,2-8H2,1H3,(H,19,21)(H,20,22)(H,23,24)/t10-,12+,13+/m1/s1. The minimum atomic E-state index is -0.938. The quantitative estimate of drug-likeness (QED) is 0.718. The van der Waals surface area contributed by atoms with Crippen LogP contribution in [0.15, 0.2) is 5.38 Å². The van der Waals surface area contributed by atoms with E-state index in [2.05, 4.69) is 17.8 Å². The molecule has 3 N–H and O–H groups in total. The molecule has 0 unspecified atom stereocenters. The molecule has 0 aromatic carbocycles. The summed E-state index contributed by atoms with van der Waals surface area (Å²) in [4.78, 5) is 37.3. The first-order valence-electron chi connectivity index (χ1n) is 8.89. The highest BCUT2D eigenvalue weighted by molar-refractivity contribution is 7.10. The molecular weight excluding hydrogens is 340 g/mol. The number of hydrazine groups is 1. The maximum absolute atomic E-state index is 12.4. The zero-order valence-corrected chi connectivity index (χ0v) is 15.2. The normalized spacial score (nSPS) is 25.7. The molecule has 0 bridgehead atoms. The van der Waals surface area contributed by atoms with Crippen LogP contribution in [0.4, 0.5) is 0 Å². The van der Waals surface area contributed by atoms with Gasteiger partial charge in [0.2, 0.25) is 5.91 Å². The lowest BCUT2D eigenvalue weighted by atomic mass is 9.79. The molecule has 1 saturated carbocycles. The van der Waals surface area contributed by atoms with Gasteiger partial charge in [-0.15, -0.1) is 11.3 Å². The Labute approximate surface area is 151 Å². The average molecular weight is 364 g/mol. The number of carboxylic acid groups (broad SMARTS) is 1. The summed E-state index contributed by atoms with van der Waals surface area (Å²) in [7, 11) is 0. The van der Waals surface area contributed by atoms with Crippen molar-refractivity contribution >= 4 is 29.1 Å². The molecule has 7 heteroatoms. The molecule has 3 atom stereocenters. The van der Waals surface area contributed by atoms with E-state index in [0.29, 0.717) is 24.3 Å². The van der Waals surface area contributed by atoms with E-state index < -0.39 is 23.7 Å². The third kappa shape index (κ3) is 3.86. The van der Waals surface area contributed by atoms with Gasteiger partial charge in [0.1, 0.15) is 0 Å². The van der Waals surface area contributed by atoms with Crippen molar-refractivity contribution in [1.29, 1.82) is 0 Å². The molecule has 1 aromatic rings. The summed E-state index contributed by atoms with van der Waals surface area (Å²) in [5.74, 6) is -2.26. The van der Waals surface area contributed by atoms with Crippen LogP contribution in [0.1, 0.15) is 59.8 Å². The molecule has 0 aliphatic heterocycles. The van der Waals surface area contributed by atoms with E-state index in [1.165, 1.54) is 4.88 Å². The van der Waals surface area contributed by atoms with Crippen LogP contribution in [0.25, 0.3) is 0 Å². The lowest BCUT2D eigenvalue weighted by Gasteiger charge is -2.27. The van der Waals surface area contributed by atoms with E-state index in [-0.39, 0.29) is 5.91 Å². The molecule has 136 valence electrons. The SMILES string of the molecule is C[C@@H]1CCc2c(C(=O)NNC(=O)[C@H]3CCCC[C@@H]3C(=O)O)csc2C1. The summed E-state index contributed by atoms with van der Waals surface area (Å²) >= 11 is 1.60. The van der Waals surface area contributed by atoms with E-state index in [9.17, 15) is 19.5 Å². The highest BCUT2D eigenvalue weighted by atomic mass is 32.1. The number of hydrogen-bond acceptors (Lipinski definition) is 4. The second-order valence-electron chi connectivity index (χ2n) is 7.18. The topological polar surface area (TPSA) is 95.5 Å². The summed E-state index contributed by atoms with van der Waals surface area (Å²) in [6.07, 6.45) is 5.68. The maximum Gasteiger partial charge on any atom is 0.307 e. The van der Waals surface area contributed by atoms with Gasteiger partial charge in [-0.1, -0.05) is 19.8 Å². The number of amides is 2. The fourth-order valence-electron chi connectivity index (χ4n) is 3.89. The van der Waals surface area contributed by atoms with Gasteiger partial charge in [-0.25, -0.2) is 0 Å². The number of carbonyl (C=O) groups is 3. The van der Waals surface area contributed by atoms with E-state index in [1.807, 2.05) is 5.38 Å². The minimum Gasteiger partial charge on any atom is -0.481 e. The van der Waals surface area contributed by atoms with Crippen molar-refractivity contribution in [2.45, 2.75) is 51.9 Å². The van der Waals surface area contributed by atoms with Crippen LogP contribution in [0.5, 0.6) is 0 Å². The molecule has 0 radical (unpaired) electrons. The number of aliphatic carboxylic acids is 1. The summed E-state index contributed by atoms with van der Waals surface area (Å²) in [5, 5.41) is 11.1. The summed E-state index contributed by atoms with van der Waals surface area (Å²) in [6.45, 7) is 2.21. The van der Waals surface area contributed by atoms with Crippen molar-refractivity contribution in [1.82, 2.24) is 10.9 Å². The molecule has 1 heterocycles. The van der Waals surface area contributed by atoms with Gasteiger partial charge in [0.05, 0.1) is 17.4 Å². The van der Waals surface area contributed by atoms with Crippen molar-refractivity contribution in [2.24, 2.45) is 17.8 Å². The number of hydrogen-bond donors (Lipinski definition) is 3. The molecule has 0 spiro atoms. The van der Waals surface area contributed by atoms with Crippen LogP contribution in [-0.2, 0) is 22.4 Å². The molecule has 3 rings (SSSR count). The van der Waals surface area contributed by atoms with Crippen LogP contribution in [0, 0.1) is 17.8 Å². The molecule has 6 nitrogen and oxygen atoms in total. The van der Waals surface area contributed by atoms with E-state index >= 15 is 0 Å². The van der Waals surface area contributed by atoms with Gasteiger partial charge < -0.3 is 5.11 Å². The minimum absolute atomic E-state index is 0.317. The molecule has 2 aliphatic rings. The Morgan fingerprint density at radius 3 is 2.56 bits per heavy atom. The molecular formula is C18H24N2O4S. The highest BCUT2D eigenvalue weighted by Gasteiger charge is 2.36. The number of carbonyl (C=O) groups excluding carboxylic acids is 2. The first-order valence-corrected chi connectivity index (χ1v) is 9.77. The molecule has 1 aromatic heterocycles. The van der Waals surface area contributed by atoms with Gasteiger partial charge in [0.15, 0.2) is 0 Å². The largest absolute Gasteiger partial charge is 0.481 e. The average Bonchev–Trinajstić information content (AvgIpc) is 3.02. The number of thiophene rings is 1. The maximum atomic E-state index is 12.4. The fraction of sp³-hybridized carbons (Fsp3) is 0.611. The van der Waals surface area contributed by atoms with Crippen molar-refractivity contribution in [3.8, 4) is 0 Å². The predicted octanol–water partition coefficient (Wildman–Crippen LogP) is 2.52. The van der Waals surface area contributed by atoms with Crippen molar-refractivity contribution in [2.75, 3.05) is 0 Å². The zero-order valence-electron chi connectivity index (χ0n) is 14.3. The monoisotopic (exact) mass is 364 g/mol. The highest BCUT2D eigenvalue weighted by Crippen LogP contribution is 2.33. The Balaban J connectivity index is 1.61. The Morgan fingerprint density at radius 1 is 1.12 bits per heavy atom. The first kappa shape index (κ1) is 17.9. The van der Waals surface area contributed by atoms with Gasteiger partial charge >= 0.3 is 5.97 Å². The van der Waals surface area contributed by atoms with E-state index in [4.69, 9.17) is 0 Å². The number of carboxylic acids is 1. The Kier molecular flexibility index (Phi) is 5.42. The van der Waals surface area contributed by atoms with E-state index in [1.54, 1.807) is 11.3 Å². The van der Waals surface area contributed by atoms with Crippen molar-refractivity contribution < 1.29 is 19.5 Å². The zero-order chi connectivity index (χ0) is 18.0. The summed E-state index contributed by atoms with van der Waals surface area (Å²) in [5.41, 5.74) is 6.65. The van der Waals surface area contributed by atoms with Crippen LogP contribution < -0.4 is 10.9 Å².